The maximum atomic E-state index is 9.07. The fraction of sp³-hybridized carbons (Fsp3) is 1.00. The Morgan fingerprint density at radius 1 is 1.33 bits per heavy atom. The van der Waals surface area contributed by atoms with Gasteiger partial charge < -0.3 is 20.3 Å². The lowest BCUT2D eigenvalue weighted by Crippen LogP contribution is -2.38. The van der Waals surface area contributed by atoms with Crippen molar-refractivity contribution in [3.63, 3.8) is 0 Å². The van der Waals surface area contributed by atoms with Crippen LogP contribution in [-0.2, 0) is 4.74 Å². The minimum Gasteiger partial charge on any atom is -0.394 e. The van der Waals surface area contributed by atoms with Crippen molar-refractivity contribution in [1.82, 2.24) is 10.2 Å². The molecule has 0 unspecified atom stereocenters. The van der Waals surface area contributed by atoms with Gasteiger partial charge in [0.2, 0.25) is 0 Å². The molecular weight excluding hydrogens is 196 g/mol. The molecule has 0 spiro atoms. The lowest BCUT2D eigenvalue weighted by atomic mass is 10.3. The Balaban J connectivity index is 1.87. The van der Waals surface area contributed by atoms with Crippen LogP contribution in [0.1, 0.15) is 6.42 Å². The molecule has 0 radical (unpaired) electrons. The summed E-state index contributed by atoms with van der Waals surface area (Å²) < 4.78 is 5.26. The van der Waals surface area contributed by atoms with Crippen LogP contribution in [0.2, 0.25) is 0 Å². The van der Waals surface area contributed by atoms with Crippen LogP contribution in [0.25, 0.3) is 0 Å². The van der Waals surface area contributed by atoms with Gasteiger partial charge in [-0.2, -0.15) is 0 Å². The van der Waals surface area contributed by atoms with Crippen LogP contribution in [0.5, 0.6) is 0 Å². The van der Waals surface area contributed by atoms with E-state index in [0.29, 0.717) is 6.54 Å². The smallest absolute Gasteiger partial charge is 0.0894 e. The first-order valence-corrected chi connectivity index (χ1v) is 5.62. The average molecular weight is 218 g/mol. The van der Waals surface area contributed by atoms with E-state index in [0.717, 1.165) is 45.8 Å². The van der Waals surface area contributed by atoms with Crippen molar-refractivity contribution >= 4 is 0 Å². The summed E-state index contributed by atoms with van der Waals surface area (Å²) in [5, 5.41) is 20.8. The molecule has 1 rings (SSSR count). The zero-order valence-corrected chi connectivity index (χ0v) is 9.19. The number of rotatable bonds is 7. The lowest BCUT2D eigenvalue weighted by Gasteiger charge is -2.26. The van der Waals surface area contributed by atoms with E-state index in [1.165, 1.54) is 0 Å². The maximum absolute atomic E-state index is 9.07. The second-order valence-electron chi connectivity index (χ2n) is 3.85. The third-order valence-corrected chi connectivity index (χ3v) is 2.52. The zero-order chi connectivity index (χ0) is 10.9. The summed E-state index contributed by atoms with van der Waals surface area (Å²) in [5.41, 5.74) is 0. The standard InChI is InChI=1S/C10H22N2O3/c13-9-10(14)8-11-2-1-3-12-4-6-15-7-5-12/h10-11,13-14H,1-9H2/t10-/m0/s1. The molecule has 0 aliphatic carbocycles. The maximum Gasteiger partial charge on any atom is 0.0894 e. The first-order chi connectivity index (χ1) is 7.33. The van der Waals surface area contributed by atoms with E-state index in [4.69, 9.17) is 14.9 Å². The third-order valence-electron chi connectivity index (χ3n) is 2.52. The number of nitrogens with one attached hydrogen (secondary N) is 1. The van der Waals surface area contributed by atoms with Crippen molar-refractivity contribution in [3.05, 3.63) is 0 Å². The molecule has 1 aliphatic heterocycles. The number of ether oxygens (including phenoxy) is 1. The van der Waals surface area contributed by atoms with Gasteiger partial charge in [0.1, 0.15) is 0 Å². The van der Waals surface area contributed by atoms with Gasteiger partial charge in [0.15, 0.2) is 0 Å². The lowest BCUT2D eigenvalue weighted by molar-refractivity contribution is 0.0372. The van der Waals surface area contributed by atoms with E-state index in [-0.39, 0.29) is 6.61 Å². The van der Waals surface area contributed by atoms with Crippen molar-refractivity contribution in [3.8, 4) is 0 Å². The fourth-order valence-electron chi connectivity index (χ4n) is 1.59. The van der Waals surface area contributed by atoms with Gasteiger partial charge in [-0.3, -0.25) is 4.90 Å². The predicted octanol–water partition coefficient (Wildman–Crippen LogP) is -1.35. The van der Waals surface area contributed by atoms with E-state index in [1.54, 1.807) is 0 Å². The van der Waals surface area contributed by atoms with Gasteiger partial charge in [0, 0.05) is 19.6 Å². The Morgan fingerprint density at radius 3 is 2.73 bits per heavy atom. The number of morpholine rings is 1. The molecule has 1 heterocycles. The zero-order valence-electron chi connectivity index (χ0n) is 9.19. The first kappa shape index (κ1) is 12.9. The molecule has 0 aromatic heterocycles. The van der Waals surface area contributed by atoms with E-state index < -0.39 is 6.10 Å². The van der Waals surface area contributed by atoms with Crippen LogP contribution in [-0.4, -0.2) is 73.8 Å². The van der Waals surface area contributed by atoms with Crippen molar-refractivity contribution < 1.29 is 14.9 Å². The second-order valence-corrected chi connectivity index (χ2v) is 3.85. The molecule has 1 saturated heterocycles. The monoisotopic (exact) mass is 218 g/mol. The Bertz CT molecular complexity index is 152. The molecule has 5 nitrogen and oxygen atoms in total. The van der Waals surface area contributed by atoms with E-state index >= 15 is 0 Å². The molecule has 3 N–H and O–H groups in total. The largest absolute Gasteiger partial charge is 0.394 e. The second kappa shape index (κ2) is 8.01. The van der Waals surface area contributed by atoms with Crippen LogP contribution < -0.4 is 5.32 Å². The Morgan fingerprint density at radius 2 is 2.07 bits per heavy atom. The molecule has 5 heteroatoms. The molecule has 15 heavy (non-hydrogen) atoms. The summed E-state index contributed by atoms with van der Waals surface area (Å²) in [7, 11) is 0. The minimum absolute atomic E-state index is 0.170. The van der Waals surface area contributed by atoms with E-state index in [2.05, 4.69) is 10.2 Å². The van der Waals surface area contributed by atoms with Gasteiger partial charge in [0.05, 0.1) is 25.9 Å². The summed E-state index contributed by atoms with van der Waals surface area (Å²) in [6, 6.07) is 0. The SMILES string of the molecule is OC[C@@H](O)CNCCCN1CCOCC1. The number of aliphatic hydroxyl groups excluding tert-OH is 2. The topological polar surface area (TPSA) is 65.0 Å². The molecule has 0 amide bonds. The fourth-order valence-corrected chi connectivity index (χ4v) is 1.59. The van der Waals surface area contributed by atoms with Crippen molar-refractivity contribution in [2.75, 3.05) is 52.5 Å². The van der Waals surface area contributed by atoms with Gasteiger partial charge in [-0.1, -0.05) is 0 Å². The van der Waals surface area contributed by atoms with Crippen LogP contribution >= 0.6 is 0 Å². The molecule has 0 aromatic rings. The molecule has 90 valence electrons. The van der Waals surface area contributed by atoms with Crippen molar-refractivity contribution in [2.24, 2.45) is 0 Å². The molecule has 0 aromatic carbocycles. The molecule has 0 saturated carbocycles. The summed E-state index contributed by atoms with van der Waals surface area (Å²) in [4.78, 5) is 2.38. The van der Waals surface area contributed by atoms with E-state index in [9.17, 15) is 0 Å². The summed E-state index contributed by atoms with van der Waals surface area (Å²) in [5.74, 6) is 0. The first-order valence-electron chi connectivity index (χ1n) is 5.62. The number of hydrogen-bond acceptors (Lipinski definition) is 5. The Hall–Kier alpha value is -0.200. The Kier molecular flexibility index (Phi) is 6.87. The highest BCUT2D eigenvalue weighted by Crippen LogP contribution is 1.97. The quantitative estimate of drug-likeness (QED) is 0.461. The number of aliphatic hydroxyl groups is 2. The summed E-state index contributed by atoms with van der Waals surface area (Å²) in [6.45, 7) is 6.00. The molecule has 1 fully saturated rings. The highest BCUT2D eigenvalue weighted by atomic mass is 16.5. The predicted molar refractivity (Wildman–Crippen MR) is 57.8 cm³/mol. The van der Waals surface area contributed by atoms with Crippen LogP contribution in [0.15, 0.2) is 0 Å². The van der Waals surface area contributed by atoms with Gasteiger partial charge in [-0.25, -0.2) is 0 Å². The van der Waals surface area contributed by atoms with Crippen LogP contribution in [0.3, 0.4) is 0 Å². The van der Waals surface area contributed by atoms with Gasteiger partial charge >= 0.3 is 0 Å². The minimum atomic E-state index is -0.631. The third kappa shape index (κ3) is 6.06. The molecule has 1 aliphatic rings. The molecule has 0 bridgehead atoms. The highest BCUT2D eigenvalue weighted by molar-refractivity contribution is 4.63. The van der Waals surface area contributed by atoms with Crippen molar-refractivity contribution in [1.29, 1.82) is 0 Å². The number of nitrogens with zero attached hydrogens (tertiary/aromatic N) is 1. The summed E-state index contributed by atoms with van der Waals surface area (Å²) in [6.07, 6.45) is 0.436. The van der Waals surface area contributed by atoms with E-state index in [1.807, 2.05) is 0 Å². The van der Waals surface area contributed by atoms with Gasteiger partial charge in [-0.05, 0) is 19.5 Å². The highest BCUT2D eigenvalue weighted by Gasteiger charge is 2.09. The average Bonchev–Trinajstić information content (AvgIpc) is 2.29. The number of hydrogen-bond donors (Lipinski definition) is 3. The van der Waals surface area contributed by atoms with Crippen LogP contribution in [0.4, 0.5) is 0 Å². The van der Waals surface area contributed by atoms with Gasteiger partial charge in [-0.15, -0.1) is 0 Å². The van der Waals surface area contributed by atoms with Gasteiger partial charge in [0.25, 0.3) is 0 Å². The van der Waals surface area contributed by atoms with Crippen molar-refractivity contribution in [2.45, 2.75) is 12.5 Å². The normalized spacial score (nSPS) is 20.4. The summed E-state index contributed by atoms with van der Waals surface area (Å²) >= 11 is 0. The molecule has 1 atom stereocenters. The Labute approximate surface area is 91.0 Å². The molecular formula is C10H22N2O3. The van der Waals surface area contributed by atoms with Crippen LogP contribution in [0, 0.1) is 0 Å².